The number of aliphatic carboxylic acids is 1. The first-order valence-corrected chi connectivity index (χ1v) is 5.90. The number of carboxylic acids is 1. The van der Waals surface area contributed by atoms with Gasteiger partial charge in [0.1, 0.15) is 6.54 Å². The van der Waals surface area contributed by atoms with Crippen LogP contribution in [0.4, 0.5) is 4.79 Å². The summed E-state index contributed by atoms with van der Waals surface area (Å²) in [5.74, 6) is -1.13. The molecule has 1 saturated heterocycles. The molecule has 0 aromatic rings. The van der Waals surface area contributed by atoms with Crippen LogP contribution in [0.1, 0.15) is 19.3 Å². The van der Waals surface area contributed by atoms with Gasteiger partial charge in [0.05, 0.1) is 0 Å². The highest BCUT2D eigenvalue weighted by Gasteiger charge is 2.28. The number of carbonyl (C=O) groups is 3. The fourth-order valence-corrected chi connectivity index (χ4v) is 2.11. The molecule has 1 atom stereocenters. The fraction of sp³-hybridized carbons (Fsp3) is 0.727. The van der Waals surface area contributed by atoms with E-state index < -0.39 is 11.9 Å². The molecule has 0 bridgehead atoms. The number of hydrogen-bond acceptors (Lipinski definition) is 3. The molecule has 0 aliphatic carbocycles. The lowest BCUT2D eigenvalue weighted by Gasteiger charge is -2.23. The monoisotopic (exact) mass is 257 g/mol. The van der Waals surface area contributed by atoms with Crippen molar-refractivity contribution in [3.05, 3.63) is 0 Å². The van der Waals surface area contributed by atoms with Crippen LogP contribution in [0.5, 0.6) is 0 Å². The third kappa shape index (κ3) is 4.23. The quantitative estimate of drug-likeness (QED) is 0.706. The Morgan fingerprint density at radius 2 is 2.11 bits per heavy atom. The lowest BCUT2D eigenvalue weighted by atomic mass is 10.0. The molecule has 7 heteroatoms. The first kappa shape index (κ1) is 14.3. The molecule has 0 radical (unpaired) electrons. The third-order valence-corrected chi connectivity index (χ3v) is 3.04. The van der Waals surface area contributed by atoms with E-state index in [1.54, 1.807) is 4.90 Å². The van der Waals surface area contributed by atoms with Crippen LogP contribution in [0.15, 0.2) is 0 Å². The number of hydrogen-bond donors (Lipinski definition) is 2. The van der Waals surface area contributed by atoms with Gasteiger partial charge in [0.15, 0.2) is 0 Å². The molecule has 1 unspecified atom stereocenters. The first-order chi connectivity index (χ1) is 8.40. The van der Waals surface area contributed by atoms with Gasteiger partial charge in [-0.3, -0.25) is 9.59 Å². The van der Waals surface area contributed by atoms with E-state index in [4.69, 9.17) is 10.8 Å². The van der Waals surface area contributed by atoms with E-state index in [9.17, 15) is 14.4 Å². The molecule has 18 heavy (non-hydrogen) atoms. The number of carbonyl (C=O) groups excluding carboxylic acids is 2. The molecule has 0 aromatic heterocycles. The molecule has 0 spiro atoms. The third-order valence-electron chi connectivity index (χ3n) is 3.04. The zero-order valence-electron chi connectivity index (χ0n) is 10.5. The van der Waals surface area contributed by atoms with Gasteiger partial charge in [0.25, 0.3) is 0 Å². The molecule has 7 nitrogen and oxygen atoms in total. The molecule has 1 rings (SSSR count). The lowest BCUT2D eigenvalue weighted by molar-refractivity contribution is -0.137. The summed E-state index contributed by atoms with van der Waals surface area (Å²) in [6, 6.07) is -0.230. The van der Waals surface area contributed by atoms with E-state index in [2.05, 4.69) is 0 Å². The van der Waals surface area contributed by atoms with E-state index in [0.29, 0.717) is 19.5 Å². The van der Waals surface area contributed by atoms with Crippen LogP contribution in [0, 0.1) is 5.92 Å². The van der Waals surface area contributed by atoms with Crippen molar-refractivity contribution >= 4 is 17.9 Å². The first-order valence-electron chi connectivity index (χ1n) is 5.90. The maximum absolute atomic E-state index is 11.9. The van der Waals surface area contributed by atoms with Crippen molar-refractivity contribution in [3.63, 3.8) is 0 Å². The number of likely N-dealkylation sites (N-methyl/N-ethyl adjacent to an activating group) is 1. The molecule has 0 saturated carbocycles. The van der Waals surface area contributed by atoms with Crippen LogP contribution in [0.3, 0.4) is 0 Å². The Hall–Kier alpha value is -1.79. The van der Waals surface area contributed by atoms with Crippen molar-refractivity contribution in [1.82, 2.24) is 9.80 Å². The Bertz CT molecular complexity index is 345. The summed E-state index contributed by atoms with van der Waals surface area (Å²) < 4.78 is 0. The van der Waals surface area contributed by atoms with Gasteiger partial charge in [-0.1, -0.05) is 0 Å². The molecule has 1 aliphatic rings. The average molecular weight is 257 g/mol. The number of nitrogens with zero attached hydrogens (tertiary/aromatic N) is 2. The Kier molecular flexibility index (Phi) is 4.94. The molecular weight excluding hydrogens is 238 g/mol. The molecule has 102 valence electrons. The minimum absolute atomic E-state index is 0.102. The van der Waals surface area contributed by atoms with Crippen molar-refractivity contribution in [1.29, 1.82) is 0 Å². The molecule has 1 fully saturated rings. The summed E-state index contributed by atoms with van der Waals surface area (Å²) in [5.41, 5.74) is 5.02. The Balaban J connectivity index is 2.38. The van der Waals surface area contributed by atoms with Gasteiger partial charge in [0.2, 0.25) is 5.91 Å². The standard InChI is InChI=1S/C11H19N3O4/c1-13(7-9(12)15)11(18)14-5-4-8(6-14)2-3-10(16)17/h8H,2-7H2,1H3,(H2,12,15)(H,16,17). The van der Waals surface area contributed by atoms with E-state index in [1.165, 1.54) is 11.9 Å². The van der Waals surface area contributed by atoms with Gasteiger partial charge in [-0.05, 0) is 18.8 Å². The summed E-state index contributed by atoms with van der Waals surface area (Å²) in [4.78, 5) is 36.0. The van der Waals surface area contributed by atoms with E-state index in [-0.39, 0.29) is 24.9 Å². The Morgan fingerprint density at radius 1 is 1.44 bits per heavy atom. The molecule has 1 heterocycles. The van der Waals surface area contributed by atoms with E-state index >= 15 is 0 Å². The van der Waals surface area contributed by atoms with Gasteiger partial charge in [0, 0.05) is 26.6 Å². The predicted octanol–water partition coefficient (Wildman–Crippen LogP) is -0.290. The topological polar surface area (TPSA) is 104 Å². The highest BCUT2D eigenvalue weighted by atomic mass is 16.4. The highest BCUT2D eigenvalue weighted by Crippen LogP contribution is 2.21. The normalized spacial score (nSPS) is 18.7. The predicted molar refractivity (Wildman–Crippen MR) is 63.8 cm³/mol. The molecule has 1 aliphatic heterocycles. The van der Waals surface area contributed by atoms with Crippen molar-refractivity contribution in [2.75, 3.05) is 26.7 Å². The van der Waals surface area contributed by atoms with E-state index in [1.807, 2.05) is 0 Å². The number of likely N-dealkylation sites (tertiary alicyclic amines) is 1. The number of carboxylic acid groups (broad SMARTS) is 1. The maximum Gasteiger partial charge on any atom is 0.320 e. The van der Waals surface area contributed by atoms with Crippen molar-refractivity contribution in [2.24, 2.45) is 11.7 Å². The fourth-order valence-electron chi connectivity index (χ4n) is 2.11. The second-order valence-electron chi connectivity index (χ2n) is 4.64. The van der Waals surface area contributed by atoms with Crippen LogP contribution in [-0.2, 0) is 9.59 Å². The minimum atomic E-state index is -0.814. The van der Waals surface area contributed by atoms with Gasteiger partial charge in [-0.25, -0.2) is 4.79 Å². The summed E-state index contributed by atoms with van der Waals surface area (Å²) in [7, 11) is 1.53. The second kappa shape index (κ2) is 6.23. The summed E-state index contributed by atoms with van der Waals surface area (Å²) in [6.07, 6.45) is 1.52. The van der Waals surface area contributed by atoms with Gasteiger partial charge >= 0.3 is 12.0 Å². The van der Waals surface area contributed by atoms with Crippen molar-refractivity contribution < 1.29 is 19.5 Å². The lowest BCUT2D eigenvalue weighted by Crippen LogP contribution is -2.43. The van der Waals surface area contributed by atoms with Gasteiger partial charge in [-0.2, -0.15) is 0 Å². The van der Waals surface area contributed by atoms with E-state index in [0.717, 1.165) is 6.42 Å². The Labute approximate surface area is 106 Å². The highest BCUT2D eigenvalue weighted by molar-refractivity contribution is 5.82. The summed E-state index contributed by atoms with van der Waals surface area (Å²) >= 11 is 0. The minimum Gasteiger partial charge on any atom is -0.481 e. The second-order valence-corrected chi connectivity index (χ2v) is 4.64. The summed E-state index contributed by atoms with van der Waals surface area (Å²) in [5, 5.41) is 8.60. The maximum atomic E-state index is 11.9. The molecule has 3 amide bonds. The van der Waals surface area contributed by atoms with Crippen LogP contribution >= 0.6 is 0 Å². The van der Waals surface area contributed by atoms with Crippen molar-refractivity contribution in [3.8, 4) is 0 Å². The van der Waals surface area contributed by atoms with Crippen molar-refractivity contribution in [2.45, 2.75) is 19.3 Å². The Morgan fingerprint density at radius 3 is 2.67 bits per heavy atom. The van der Waals surface area contributed by atoms with Crippen LogP contribution in [0.2, 0.25) is 0 Å². The number of urea groups is 1. The number of primary amides is 1. The SMILES string of the molecule is CN(CC(N)=O)C(=O)N1CCC(CCC(=O)O)C1. The van der Waals surface area contributed by atoms with Gasteiger partial charge in [-0.15, -0.1) is 0 Å². The van der Waals surface area contributed by atoms with Crippen LogP contribution < -0.4 is 5.73 Å². The average Bonchev–Trinajstić information content (AvgIpc) is 2.72. The molecular formula is C11H19N3O4. The zero-order valence-corrected chi connectivity index (χ0v) is 10.5. The molecule has 3 N–H and O–H groups in total. The number of nitrogens with two attached hydrogens (primary N) is 1. The largest absolute Gasteiger partial charge is 0.481 e. The van der Waals surface area contributed by atoms with Crippen LogP contribution in [0.25, 0.3) is 0 Å². The van der Waals surface area contributed by atoms with Gasteiger partial charge < -0.3 is 20.6 Å². The molecule has 0 aromatic carbocycles. The van der Waals surface area contributed by atoms with Crippen LogP contribution in [-0.4, -0.2) is 59.5 Å². The smallest absolute Gasteiger partial charge is 0.320 e. The zero-order chi connectivity index (χ0) is 13.7. The summed E-state index contributed by atoms with van der Waals surface area (Å²) in [6.45, 7) is 1.05. The number of rotatable bonds is 5. The number of amides is 3.